The topological polar surface area (TPSA) is 41.3 Å². The fraction of sp³-hybridized carbons (Fsp3) is 0.0870. The van der Waals surface area contributed by atoms with Crippen LogP contribution in [0.15, 0.2) is 82.5 Å². The van der Waals surface area contributed by atoms with Crippen LogP contribution in [0.4, 0.5) is 4.39 Å². The summed E-state index contributed by atoms with van der Waals surface area (Å²) >= 11 is 0. The number of aliphatic imine (C=N–C) groups is 1. The quantitative estimate of drug-likeness (QED) is 0.489. The van der Waals surface area contributed by atoms with E-state index < -0.39 is 0 Å². The molecule has 3 nitrogen and oxygen atoms in total. The van der Waals surface area contributed by atoms with Crippen molar-refractivity contribution < 1.29 is 8.81 Å². The highest BCUT2D eigenvalue weighted by atomic mass is 19.1. The molecule has 1 aliphatic rings. The molecule has 0 atom stereocenters. The van der Waals surface area contributed by atoms with E-state index in [0.29, 0.717) is 12.2 Å². The van der Waals surface area contributed by atoms with Crippen LogP contribution in [-0.4, -0.2) is 10.7 Å². The van der Waals surface area contributed by atoms with Crippen molar-refractivity contribution in [2.45, 2.75) is 12.8 Å². The first kappa shape index (κ1) is 15.8. The molecule has 3 heterocycles. The molecule has 0 amide bonds. The molecule has 0 unspecified atom stereocenters. The summed E-state index contributed by atoms with van der Waals surface area (Å²) in [6.45, 7) is 0. The van der Waals surface area contributed by atoms with Crippen molar-refractivity contribution in [1.29, 1.82) is 0 Å². The highest BCUT2D eigenvalue weighted by Gasteiger charge is 2.23. The minimum atomic E-state index is -0.246. The molecule has 0 radical (unpaired) electrons. The fourth-order valence-electron chi connectivity index (χ4n) is 3.68. The van der Waals surface area contributed by atoms with Crippen molar-refractivity contribution >= 4 is 27.9 Å². The van der Waals surface area contributed by atoms with Crippen LogP contribution < -0.4 is 0 Å². The lowest BCUT2D eigenvalue weighted by Gasteiger charge is -2.05. The van der Waals surface area contributed by atoms with Gasteiger partial charge in [-0.05, 0) is 47.0 Å². The smallest absolute Gasteiger partial charge is 0.152 e. The molecule has 4 aromatic rings. The number of para-hydroxylation sites is 1. The summed E-state index contributed by atoms with van der Waals surface area (Å²) < 4.78 is 19.4. The second kappa shape index (κ2) is 6.40. The van der Waals surface area contributed by atoms with Gasteiger partial charge in [-0.1, -0.05) is 30.3 Å². The minimum Gasteiger partial charge on any atom is -0.463 e. The van der Waals surface area contributed by atoms with E-state index in [4.69, 9.17) is 9.41 Å². The van der Waals surface area contributed by atoms with Crippen molar-refractivity contribution in [2.75, 3.05) is 0 Å². The lowest BCUT2D eigenvalue weighted by molar-refractivity contribution is 0.552. The van der Waals surface area contributed by atoms with E-state index in [1.165, 1.54) is 17.0 Å². The zero-order chi connectivity index (χ0) is 18.2. The second-order valence-electron chi connectivity index (χ2n) is 6.71. The number of rotatable bonds is 4. The molecule has 1 aliphatic heterocycles. The molecular formula is C23H17FN2O. The molecule has 0 bridgehead atoms. The Bertz CT molecular complexity index is 1180. The summed E-state index contributed by atoms with van der Waals surface area (Å²) in [7, 11) is 0. The molecule has 0 aliphatic carbocycles. The molecule has 1 N–H and O–H groups in total. The molecule has 0 saturated heterocycles. The Morgan fingerprint density at radius 2 is 1.96 bits per heavy atom. The van der Waals surface area contributed by atoms with E-state index in [9.17, 15) is 4.39 Å². The van der Waals surface area contributed by atoms with Crippen LogP contribution in [0.1, 0.15) is 23.3 Å². The van der Waals surface area contributed by atoms with Crippen LogP contribution in [0.3, 0.4) is 0 Å². The lowest BCUT2D eigenvalue weighted by atomic mass is 9.97. The Morgan fingerprint density at radius 1 is 1.04 bits per heavy atom. The van der Waals surface area contributed by atoms with Gasteiger partial charge in [-0.2, -0.15) is 0 Å². The average molecular weight is 356 g/mol. The van der Waals surface area contributed by atoms with Crippen LogP contribution in [0.25, 0.3) is 22.2 Å². The largest absolute Gasteiger partial charge is 0.463 e. The van der Waals surface area contributed by atoms with Gasteiger partial charge in [0.1, 0.15) is 11.5 Å². The van der Waals surface area contributed by atoms with E-state index in [0.717, 1.165) is 34.5 Å². The number of hydrogen-bond donors (Lipinski definition) is 1. The maximum Gasteiger partial charge on any atom is 0.152 e. The standard InChI is InChI=1S/C23H17FN2O/c24-17-6-3-5-15(11-17)20-13-18(26-23(20)22-9-4-10-27-22)12-16-14-25-21-8-2-1-7-19(16)21/h1-11,14,25H,12-13H2. The van der Waals surface area contributed by atoms with E-state index in [1.54, 1.807) is 18.4 Å². The molecule has 0 saturated carbocycles. The van der Waals surface area contributed by atoms with Crippen LogP contribution in [-0.2, 0) is 6.42 Å². The molecule has 4 heteroatoms. The number of hydrogen-bond acceptors (Lipinski definition) is 2. The maximum atomic E-state index is 13.8. The summed E-state index contributed by atoms with van der Waals surface area (Å²) in [6.07, 6.45) is 5.10. The van der Waals surface area contributed by atoms with E-state index in [2.05, 4.69) is 17.1 Å². The number of nitrogens with one attached hydrogen (secondary N) is 1. The molecule has 5 rings (SSSR count). The fourth-order valence-corrected chi connectivity index (χ4v) is 3.68. The predicted octanol–water partition coefficient (Wildman–Crippen LogP) is 5.86. The lowest BCUT2D eigenvalue weighted by Crippen LogP contribution is -2.00. The van der Waals surface area contributed by atoms with Crippen LogP contribution in [0.2, 0.25) is 0 Å². The predicted molar refractivity (Wildman–Crippen MR) is 106 cm³/mol. The molecule has 2 aromatic carbocycles. The Hall–Kier alpha value is -3.40. The summed E-state index contributed by atoms with van der Waals surface area (Å²) in [5, 5.41) is 1.21. The van der Waals surface area contributed by atoms with Gasteiger partial charge >= 0.3 is 0 Å². The van der Waals surface area contributed by atoms with Crippen LogP contribution in [0.5, 0.6) is 0 Å². The van der Waals surface area contributed by atoms with Crippen LogP contribution in [0, 0.1) is 5.82 Å². The van der Waals surface area contributed by atoms with E-state index in [1.807, 2.05) is 36.5 Å². The minimum absolute atomic E-state index is 0.246. The Kier molecular flexibility index (Phi) is 3.75. The zero-order valence-corrected chi connectivity index (χ0v) is 14.6. The van der Waals surface area contributed by atoms with Crippen LogP contribution >= 0.6 is 0 Å². The van der Waals surface area contributed by atoms with Crippen molar-refractivity contribution in [3.63, 3.8) is 0 Å². The number of nitrogens with zero attached hydrogens (tertiary/aromatic N) is 1. The molecule has 132 valence electrons. The number of furan rings is 1. The van der Waals surface area contributed by atoms with Gasteiger partial charge in [0.15, 0.2) is 5.76 Å². The van der Waals surface area contributed by atoms with Gasteiger partial charge < -0.3 is 9.40 Å². The molecule has 0 spiro atoms. The molecule has 27 heavy (non-hydrogen) atoms. The highest BCUT2D eigenvalue weighted by Crippen LogP contribution is 2.37. The highest BCUT2D eigenvalue weighted by molar-refractivity contribution is 6.10. The third-order valence-electron chi connectivity index (χ3n) is 4.93. The Balaban J connectivity index is 1.52. The SMILES string of the molecule is Fc1cccc(C2=C(c3ccco3)N=C(Cc3c[nH]c4ccccc34)C2)c1. The second-order valence-corrected chi connectivity index (χ2v) is 6.71. The summed E-state index contributed by atoms with van der Waals surface area (Å²) in [6, 6.07) is 18.7. The summed E-state index contributed by atoms with van der Waals surface area (Å²) in [5.74, 6) is 0.465. The maximum absolute atomic E-state index is 13.8. The summed E-state index contributed by atoms with van der Waals surface area (Å²) in [5.41, 5.74) is 6.02. The number of benzene rings is 2. The first-order valence-electron chi connectivity index (χ1n) is 8.92. The molecule has 2 aromatic heterocycles. The third kappa shape index (κ3) is 2.89. The van der Waals surface area contributed by atoms with Gasteiger partial charge in [0, 0.05) is 35.7 Å². The van der Waals surface area contributed by atoms with Gasteiger partial charge in [0.05, 0.1) is 6.26 Å². The van der Waals surface area contributed by atoms with Gasteiger partial charge in [-0.15, -0.1) is 0 Å². The Labute approximate surface area is 155 Å². The van der Waals surface area contributed by atoms with Crippen molar-refractivity contribution in [3.8, 4) is 0 Å². The monoisotopic (exact) mass is 356 g/mol. The number of aromatic nitrogens is 1. The van der Waals surface area contributed by atoms with Gasteiger partial charge in [-0.3, -0.25) is 4.99 Å². The summed E-state index contributed by atoms with van der Waals surface area (Å²) in [4.78, 5) is 8.18. The normalized spacial score (nSPS) is 14.2. The zero-order valence-electron chi connectivity index (χ0n) is 14.6. The first-order chi connectivity index (χ1) is 13.3. The van der Waals surface area contributed by atoms with Crippen molar-refractivity contribution in [2.24, 2.45) is 4.99 Å². The van der Waals surface area contributed by atoms with E-state index >= 15 is 0 Å². The molecular weight excluding hydrogens is 339 g/mol. The van der Waals surface area contributed by atoms with Gasteiger partial charge in [0.25, 0.3) is 0 Å². The number of fused-ring (bicyclic) bond motifs is 1. The van der Waals surface area contributed by atoms with Gasteiger partial charge in [0.2, 0.25) is 0 Å². The Morgan fingerprint density at radius 3 is 2.81 bits per heavy atom. The number of aromatic amines is 1. The third-order valence-corrected chi connectivity index (χ3v) is 4.93. The van der Waals surface area contributed by atoms with Crippen molar-refractivity contribution in [1.82, 2.24) is 4.98 Å². The number of allylic oxidation sites excluding steroid dienone is 1. The number of H-pyrrole nitrogens is 1. The van der Waals surface area contributed by atoms with E-state index in [-0.39, 0.29) is 5.82 Å². The molecule has 0 fully saturated rings. The van der Waals surface area contributed by atoms with Crippen molar-refractivity contribution in [3.05, 3.63) is 95.8 Å². The first-order valence-corrected chi connectivity index (χ1v) is 8.92. The average Bonchev–Trinajstić information content (AvgIpc) is 3.42. The van der Waals surface area contributed by atoms with Gasteiger partial charge in [-0.25, -0.2) is 4.39 Å². The number of halogens is 1.